The molecule has 0 aliphatic heterocycles. The van der Waals surface area contributed by atoms with E-state index < -0.39 is 0 Å². The first-order valence-electron chi connectivity index (χ1n) is 6.59. The Balaban J connectivity index is 2.34. The standard InChI is InChI=1S/C14H17Cl2N3O/c1-3-17-13(20)6-7-19-12-5-4-10(16)8-11(12)18-14(19)9(2)15/h4-5,8-9H,3,6-7H2,1-2H3,(H,17,20). The Morgan fingerprint density at radius 2 is 2.25 bits per heavy atom. The van der Waals surface area contributed by atoms with Crippen LogP contribution in [0.4, 0.5) is 0 Å². The summed E-state index contributed by atoms with van der Waals surface area (Å²) in [6.45, 7) is 4.96. The molecule has 0 saturated heterocycles. The SMILES string of the molecule is CCNC(=O)CCn1c(C(C)Cl)nc2cc(Cl)ccc21. The van der Waals surface area contributed by atoms with Crippen molar-refractivity contribution >= 4 is 40.1 Å². The molecule has 1 unspecified atom stereocenters. The summed E-state index contributed by atoms with van der Waals surface area (Å²) in [5, 5.41) is 3.20. The summed E-state index contributed by atoms with van der Waals surface area (Å²) >= 11 is 12.2. The van der Waals surface area contributed by atoms with E-state index in [0.717, 1.165) is 16.9 Å². The molecule has 0 aliphatic rings. The first kappa shape index (κ1) is 15.1. The van der Waals surface area contributed by atoms with Crippen molar-refractivity contribution in [1.82, 2.24) is 14.9 Å². The second-order valence-electron chi connectivity index (χ2n) is 4.57. The summed E-state index contributed by atoms with van der Waals surface area (Å²) in [5.74, 6) is 0.782. The molecule has 1 N–H and O–H groups in total. The largest absolute Gasteiger partial charge is 0.356 e. The van der Waals surface area contributed by atoms with Gasteiger partial charge in [0.1, 0.15) is 5.82 Å². The van der Waals surface area contributed by atoms with E-state index in [-0.39, 0.29) is 11.3 Å². The van der Waals surface area contributed by atoms with Gasteiger partial charge >= 0.3 is 0 Å². The van der Waals surface area contributed by atoms with Crippen LogP contribution >= 0.6 is 23.2 Å². The minimum absolute atomic E-state index is 0.0245. The Bertz CT molecular complexity index is 622. The third kappa shape index (κ3) is 3.25. The summed E-state index contributed by atoms with van der Waals surface area (Å²) in [7, 11) is 0. The Labute approximate surface area is 128 Å². The monoisotopic (exact) mass is 313 g/mol. The maximum absolute atomic E-state index is 11.6. The zero-order chi connectivity index (χ0) is 14.7. The zero-order valence-electron chi connectivity index (χ0n) is 11.5. The Kier molecular flexibility index (Phi) is 4.89. The van der Waals surface area contributed by atoms with E-state index in [0.29, 0.717) is 24.5 Å². The van der Waals surface area contributed by atoms with E-state index in [4.69, 9.17) is 23.2 Å². The number of rotatable bonds is 5. The van der Waals surface area contributed by atoms with Crippen molar-refractivity contribution in [3.63, 3.8) is 0 Å². The predicted molar refractivity (Wildman–Crippen MR) is 82.3 cm³/mol. The molecule has 4 nitrogen and oxygen atoms in total. The van der Waals surface area contributed by atoms with Crippen molar-refractivity contribution < 1.29 is 4.79 Å². The molecule has 0 spiro atoms. The van der Waals surface area contributed by atoms with Crippen LogP contribution in [0, 0.1) is 0 Å². The van der Waals surface area contributed by atoms with Gasteiger partial charge in [-0.25, -0.2) is 4.98 Å². The molecular formula is C14H17Cl2N3O. The lowest BCUT2D eigenvalue weighted by atomic mass is 10.3. The van der Waals surface area contributed by atoms with Gasteiger partial charge in [0.25, 0.3) is 0 Å². The number of carbonyl (C=O) groups excluding carboxylic acids is 1. The van der Waals surface area contributed by atoms with Crippen molar-refractivity contribution in [2.75, 3.05) is 6.54 Å². The number of hydrogen-bond donors (Lipinski definition) is 1. The summed E-state index contributed by atoms with van der Waals surface area (Å²) in [5.41, 5.74) is 1.75. The van der Waals surface area contributed by atoms with Gasteiger partial charge in [-0.15, -0.1) is 11.6 Å². The van der Waals surface area contributed by atoms with Crippen LogP contribution in [0.1, 0.15) is 31.5 Å². The average Bonchev–Trinajstić information content (AvgIpc) is 2.74. The van der Waals surface area contributed by atoms with Gasteiger partial charge in [-0.1, -0.05) is 11.6 Å². The number of imidazole rings is 1. The second kappa shape index (κ2) is 6.46. The number of nitrogens with one attached hydrogen (secondary N) is 1. The van der Waals surface area contributed by atoms with E-state index in [9.17, 15) is 4.79 Å². The van der Waals surface area contributed by atoms with Crippen LogP contribution in [0.3, 0.4) is 0 Å². The fourth-order valence-corrected chi connectivity index (χ4v) is 2.49. The lowest BCUT2D eigenvalue weighted by Crippen LogP contribution is -2.24. The Morgan fingerprint density at radius 3 is 2.90 bits per heavy atom. The molecule has 1 heterocycles. The molecule has 0 aliphatic carbocycles. The minimum Gasteiger partial charge on any atom is -0.356 e. The van der Waals surface area contributed by atoms with Gasteiger partial charge in [0, 0.05) is 24.5 Å². The topological polar surface area (TPSA) is 46.9 Å². The van der Waals surface area contributed by atoms with Gasteiger partial charge in [0.05, 0.1) is 16.4 Å². The van der Waals surface area contributed by atoms with Crippen molar-refractivity contribution in [2.24, 2.45) is 0 Å². The number of carbonyl (C=O) groups is 1. The number of hydrogen-bond acceptors (Lipinski definition) is 2. The molecule has 1 aromatic carbocycles. The molecule has 0 bridgehead atoms. The highest BCUT2D eigenvalue weighted by atomic mass is 35.5. The Morgan fingerprint density at radius 1 is 1.50 bits per heavy atom. The molecule has 0 radical (unpaired) electrons. The Hall–Kier alpha value is -1.26. The molecule has 2 aromatic rings. The molecule has 1 atom stereocenters. The molecule has 108 valence electrons. The lowest BCUT2D eigenvalue weighted by Gasteiger charge is -2.10. The smallest absolute Gasteiger partial charge is 0.221 e. The normalized spacial score (nSPS) is 12.6. The van der Waals surface area contributed by atoms with Gasteiger partial charge in [0.15, 0.2) is 0 Å². The van der Waals surface area contributed by atoms with Crippen LogP contribution in [-0.2, 0) is 11.3 Å². The summed E-state index contributed by atoms with van der Waals surface area (Å²) in [6.07, 6.45) is 0.401. The maximum atomic E-state index is 11.6. The van der Waals surface area contributed by atoms with Crippen LogP contribution in [0.2, 0.25) is 5.02 Å². The number of benzene rings is 1. The van der Waals surface area contributed by atoms with Crippen LogP contribution in [0.15, 0.2) is 18.2 Å². The fraction of sp³-hybridized carbons (Fsp3) is 0.429. The summed E-state index contributed by atoms with van der Waals surface area (Å²) in [4.78, 5) is 16.1. The second-order valence-corrected chi connectivity index (χ2v) is 5.67. The first-order chi connectivity index (χ1) is 9.52. The van der Waals surface area contributed by atoms with E-state index in [1.165, 1.54) is 0 Å². The number of nitrogens with zero attached hydrogens (tertiary/aromatic N) is 2. The van der Waals surface area contributed by atoms with E-state index >= 15 is 0 Å². The first-order valence-corrected chi connectivity index (χ1v) is 7.40. The number of amides is 1. The molecule has 0 saturated carbocycles. The minimum atomic E-state index is -0.226. The highest BCUT2D eigenvalue weighted by Crippen LogP contribution is 2.26. The molecular weight excluding hydrogens is 297 g/mol. The van der Waals surface area contributed by atoms with Crippen molar-refractivity contribution in [1.29, 1.82) is 0 Å². The summed E-state index contributed by atoms with van der Waals surface area (Å²) in [6, 6.07) is 5.53. The van der Waals surface area contributed by atoms with Crippen LogP contribution in [-0.4, -0.2) is 22.0 Å². The maximum Gasteiger partial charge on any atom is 0.221 e. The molecule has 20 heavy (non-hydrogen) atoms. The van der Waals surface area contributed by atoms with Crippen LogP contribution < -0.4 is 5.32 Å². The third-order valence-corrected chi connectivity index (χ3v) is 3.46. The highest BCUT2D eigenvalue weighted by molar-refractivity contribution is 6.31. The molecule has 0 fully saturated rings. The van der Waals surface area contributed by atoms with Gasteiger partial charge in [-0.3, -0.25) is 4.79 Å². The van der Waals surface area contributed by atoms with Gasteiger partial charge in [-0.2, -0.15) is 0 Å². The number of alkyl halides is 1. The lowest BCUT2D eigenvalue weighted by molar-refractivity contribution is -0.121. The van der Waals surface area contributed by atoms with E-state index in [2.05, 4.69) is 10.3 Å². The van der Waals surface area contributed by atoms with E-state index in [1.807, 2.05) is 36.6 Å². The van der Waals surface area contributed by atoms with Crippen molar-refractivity contribution in [3.05, 3.63) is 29.0 Å². The molecule has 2 rings (SSSR count). The third-order valence-electron chi connectivity index (χ3n) is 3.03. The van der Waals surface area contributed by atoms with Crippen LogP contribution in [0.25, 0.3) is 11.0 Å². The van der Waals surface area contributed by atoms with Gasteiger partial charge in [-0.05, 0) is 32.0 Å². The quantitative estimate of drug-likeness (QED) is 0.859. The predicted octanol–water partition coefficient (Wildman–Crippen LogP) is 3.52. The number of fused-ring (bicyclic) bond motifs is 1. The molecule has 6 heteroatoms. The van der Waals surface area contributed by atoms with Gasteiger partial charge < -0.3 is 9.88 Å². The number of aryl methyl sites for hydroxylation is 1. The zero-order valence-corrected chi connectivity index (χ0v) is 13.0. The average molecular weight is 314 g/mol. The van der Waals surface area contributed by atoms with Gasteiger partial charge in [0.2, 0.25) is 5.91 Å². The molecule has 1 amide bonds. The van der Waals surface area contributed by atoms with Crippen molar-refractivity contribution in [3.8, 4) is 0 Å². The highest BCUT2D eigenvalue weighted by Gasteiger charge is 2.15. The van der Waals surface area contributed by atoms with Crippen molar-refractivity contribution in [2.45, 2.75) is 32.2 Å². The summed E-state index contributed by atoms with van der Waals surface area (Å²) < 4.78 is 1.98. The fourth-order valence-electron chi connectivity index (χ4n) is 2.16. The van der Waals surface area contributed by atoms with Crippen LogP contribution in [0.5, 0.6) is 0 Å². The van der Waals surface area contributed by atoms with E-state index in [1.54, 1.807) is 0 Å². The molecule has 1 aromatic heterocycles. The number of aromatic nitrogens is 2. The number of halogens is 2.